The Morgan fingerprint density at radius 1 is 0.906 bits per heavy atom. The third kappa shape index (κ3) is 6.12. The fourth-order valence-electron chi connectivity index (χ4n) is 7.64. The van der Waals surface area contributed by atoms with Crippen molar-refractivity contribution >= 4 is 29.7 Å². The Labute approximate surface area is 301 Å². The first-order valence-corrected chi connectivity index (χ1v) is 16.4. The van der Waals surface area contributed by atoms with Crippen molar-refractivity contribution in [2.75, 3.05) is 13.7 Å². The lowest BCUT2D eigenvalue weighted by atomic mass is 9.50. The summed E-state index contributed by atoms with van der Waals surface area (Å²) in [5.74, 6) is -9.59. The molecule has 2 bridgehead atoms. The number of aliphatic hydroxyl groups excluding tert-OH is 1. The molecule has 3 aromatic rings. The van der Waals surface area contributed by atoms with Gasteiger partial charge in [-0.05, 0) is 61.0 Å². The molecule has 1 saturated carbocycles. The lowest BCUT2D eigenvalue weighted by Crippen LogP contribution is -2.90. The number of aliphatic carboxylic acids is 1. The molecule has 0 aromatic heterocycles. The zero-order chi connectivity index (χ0) is 38.3. The van der Waals surface area contributed by atoms with Gasteiger partial charge >= 0.3 is 17.9 Å². The number of carboxylic acids is 1. The van der Waals surface area contributed by atoms with Crippen LogP contribution in [0.25, 0.3) is 11.8 Å². The fraction of sp³-hybridized carbons (Fsp3) is 0.289. The predicted molar refractivity (Wildman–Crippen MR) is 184 cm³/mol. The highest BCUT2D eigenvalue weighted by Gasteiger charge is 2.83. The van der Waals surface area contributed by atoms with E-state index in [4.69, 9.17) is 14.2 Å². The number of likely N-dealkylation sites (N-methyl/N-ethyl adjacent to an activating group) is 1. The molecule has 15 nitrogen and oxygen atoms in total. The van der Waals surface area contributed by atoms with Gasteiger partial charge in [0.2, 0.25) is 5.60 Å². The van der Waals surface area contributed by atoms with Crippen molar-refractivity contribution in [1.29, 1.82) is 0 Å². The summed E-state index contributed by atoms with van der Waals surface area (Å²) in [6.07, 6.45) is 2.51. The topological polar surface area (TPSA) is 253 Å². The molecule has 7 atom stereocenters. The van der Waals surface area contributed by atoms with E-state index in [0.29, 0.717) is 11.6 Å². The number of esters is 2. The van der Waals surface area contributed by atoms with Crippen LogP contribution in [-0.4, -0.2) is 101 Å². The van der Waals surface area contributed by atoms with Crippen LogP contribution in [-0.2, 0) is 35.0 Å². The quantitative estimate of drug-likeness (QED) is 0.0362. The average molecular weight is 732 g/mol. The van der Waals surface area contributed by atoms with Gasteiger partial charge in [0.05, 0.1) is 12.7 Å². The number of ether oxygens (including phenoxy) is 3. The number of aromatic hydroxyl groups is 4. The maximum Gasteiger partial charge on any atom is 0.336 e. The number of rotatable bonds is 10. The van der Waals surface area contributed by atoms with E-state index in [1.165, 1.54) is 43.5 Å². The molecule has 1 unspecified atom stereocenters. The molecule has 3 aromatic carbocycles. The minimum atomic E-state index is -2.76. The van der Waals surface area contributed by atoms with E-state index < -0.39 is 93.6 Å². The molecule has 53 heavy (non-hydrogen) atoms. The summed E-state index contributed by atoms with van der Waals surface area (Å²) < 4.78 is 18.4. The Bertz CT molecular complexity index is 2030. The van der Waals surface area contributed by atoms with E-state index in [1.54, 1.807) is 30.3 Å². The molecular formula is C38H37NO14. The van der Waals surface area contributed by atoms with E-state index in [0.717, 1.165) is 24.3 Å². The van der Waals surface area contributed by atoms with Gasteiger partial charge in [0.1, 0.15) is 11.4 Å². The lowest BCUT2D eigenvalue weighted by molar-refractivity contribution is -0.377. The Kier molecular flexibility index (Phi) is 9.47. The number of benzene rings is 3. The molecule has 1 saturated heterocycles. The Hall–Kier alpha value is -5.87. The second-order valence-corrected chi connectivity index (χ2v) is 13.2. The lowest BCUT2D eigenvalue weighted by Gasteiger charge is -2.68. The van der Waals surface area contributed by atoms with Crippen molar-refractivity contribution in [3.63, 3.8) is 0 Å². The second-order valence-electron chi connectivity index (χ2n) is 13.2. The minimum Gasteiger partial charge on any atom is -0.507 e. The maximum absolute atomic E-state index is 13.9. The number of nitrogens with one attached hydrogen (secondary N) is 1. The van der Waals surface area contributed by atoms with Crippen LogP contribution in [0.5, 0.6) is 23.0 Å². The number of aliphatic hydroxyl groups is 3. The van der Waals surface area contributed by atoms with Crippen molar-refractivity contribution in [3.8, 4) is 23.0 Å². The van der Waals surface area contributed by atoms with Crippen molar-refractivity contribution < 1.29 is 69.4 Å². The highest BCUT2D eigenvalue weighted by Crippen LogP contribution is 2.62. The molecular weight excluding hydrogens is 694 g/mol. The summed E-state index contributed by atoms with van der Waals surface area (Å²) in [7, 11) is 1.35. The number of hydrogen-bond donors (Lipinski definition) is 9. The van der Waals surface area contributed by atoms with Crippen LogP contribution in [0.2, 0.25) is 0 Å². The zero-order valence-electron chi connectivity index (χ0n) is 28.1. The van der Waals surface area contributed by atoms with Gasteiger partial charge in [-0.1, -0.05) is 48.6 Å². The molecule has 2 fully saturated rings. The van der Waals surface area contributed by atoms with Crippen LogP contribution in [0, 0.1) is 11.8 Å². The molecule has 2 aliphatic heterocycles. The van der Waals surface area contributed by atoms with Crippen LogP contribution in [0.4, 0.5) is 0 Å². The number of phenols is 4. The summed E-state index contributed by atoms with van der Waals surface area (Å²) >= 11 is 0. The Morgan fingerprint density at radius 3 is 2.19 bits per heavy atom. The molecule has 278 valence electrons. The number of carbonyl (C=O) groups excluding carboxylic acids is 2. The highest BCUT2D eigenvalue weighted by molar-refractivity contribution is 5.91. The molecule has 1 spiro atoms. The summed E-state index contributed by atoms with van der Waals surface area (Å²) in [4.78, 5) is 40.9. The van der Waals surface area contributed by atoms with Crippen molar-refractivity contribution in [3.05, 3.63) is 108 Å². The fourth-order valence-corrected chi connectivity index (χ4v) is 7.64. The molecule has 9 N–H and O–H groups in total. The largest absolute Gasteiger partial charge is 0.507 e. The van der Waals surface area contributed by atoms with Gasteiger partial charge in [-0.2, -0.15) is 0 Å². The van der Waals surface area contributed by atoms with Gasteiger partial charge in [-0.15, -0.1) is 0 Å². The molecule has 2 aliphatic carbocycles. The standard InChI is InChI=1S/C38H37NO14/c1-39-38(50)24-13-14-35(51-19-24)20-36(49,34(47)48)25(15-21-5-3-2-4-6-21)33(52-32(46)18-28(42)23-9-11-27(41)30(44)17-23)37(35,38)53-31(45)12-8-22-7-10-26(40)29(43)16-22/h2-14,16-18,24-25,33,39-44,49-50H,15,19-20H2,1H3,(H,47,48)/b12-8+,28-18-/t24-,25+,33+,35?,36+,37+,38-/m0/s1. The van der Waals surface area contributed by atoms with E-state index in [9.17, 15) is 55.2 Å². The average Bonchev–Trinajstić information content (AvgIpc) is 3.13. The molecule has 7 rings (SSSR count). The summed E-state index contributed by atoms with van der Waals surface area (Å²) in [5, 5.41) is 88.4. The number of phenolic OH excluding ortho intramolecular Hbond substituents is 4. The zero-order valence-corrected chi connectivity index (χ0v) is 28.1. The van der Waals surface area contributed by atoms with E-state index in [-0.39, 0.29) is 24.2 Å². The Morgan fingerprint density at radius 2 is 1.58 bits per heavy atom. The van der Waals surface area contributed by atoms with Crippen molar-refractivity contribution in [1.82, 2.24) is 5.32 Å². The number of hydrogen-bond acceptors (Lipinski definition) is 14. The predicted octanol–water partition coefficient (Wildman–Crippen LogP) is 2.26. The van der Waals surface area contributed by atoms with Gasteiger partial charge in [-0.25, -0.2) is 14.4 Å². The van der Waals surface area contributed by atoms with Crippen LogP contribution in [0.1, 0.15) is 23.1 Å². The first-order chi connectivity index (χ1) is 25.1. The summed E-state index contributed by atoms with van der Waals surface area (Å²) in [6.45, 7) is -0.236. The molecule has 0 amide bonds. The minimum absolute atomic E-state index is 0.124. The van der Waals surface area contributed by atoms with Gasteiger partial charge in [-0.3, -0.25) is 5.32 Å². The van der Waals surface area contributed by atoms with Gasteiger partial charge in [0.25, 0.3) is 0 Å². The van der Waals surface area contributed by atoms with E-state index in [2.05, 4.69) is 5.32 Å². The summed E-state index contributed by atoms with van der Waals surface area (Å²) in [6, 6.07) is 15.3. The van der Waals surface area contributed by atoms with Gasteiger partial charge in [0.15, 0.2) is 40.4 Å². The van der Waals surface area contributed by atoms with Crippen LogP contribution in [0.3, 0.4) is 0 Å². The van der Waals surface area contributed by atoms with Crippen molar-refractivity contribution in [2.45, 2.75) is 41.5 Å². The number of carboxylic acid groups (broad SMARTS) is 1. The number of carbonyl (C=O) groups is 3. The molecule has 2 heterocycles. The molecule has 15 heteroatoms. The van der Waals surface area contributed by atoms with Crippen molar-refractivity contribution in [2.24, 2.45) is 11.8 Å². The third-order valence-corrected chi connectivity index (χ3v) is 10.3. The van der Waals surface area contributed by atoms with E-state index in [1.807, 2.05) is 0 Å². The van der Waals surface area contributed by atoms with E-state index >= 15 is 0 Å². The molecule has 0 radical (unpaired) electrons. The van der Waals surface area contributed by atoms with Gasteiger partial charge in [0, 0.05) is 29.9 Å². The smallest absolute Gasteiger partial charge is 0.336 e. The second kappa shape index (κ2) is 13.6. The van der Waals surface area contributed by atoms with Crippen LogP contribution in [0.15, 0.2) is 91.0 Å². The normalized spacial score (nSPS) is 30.5. The third-order valence-electron chi connectivity index (χ3n) is 10.3. The highest BCUT2D eigenvalue weighted by atomic mass is 16.6. The maximum atomic E-state index is 13.9. The first-order valence-electron chi connectivity index (χ1n) is 16.4. The van der Waals surface area contributed by atoms with Crippen LogP contribution < -0.4 is 5.32 Å². The van der Waals surface area contributed by atoms with Gasteiger partial charge < -0.3 is 55.1 Å². The molecule has 4 aliphatic rings. The van der Waals surface area contributed by atoms with Crippen LogP contribution >= 0.6 is 0 Å². The Balaban J connectivity index is 1.54. The monoisotopic (exact) mass is 731 g/mol. The summed E-state index contributed by atoms with van der Waals surface area (Å²) in [5.41, 5.74) is -9.19. The SMILES string of the molecule is CN[C@]1(O)[C@H]2C=CC3(C[C@](O)(C(=O)O)[C@H](Cc4ccccc4)[C@@H](OC(=O)/C=C(\O)c4ccc(O)c(O)c4)[C@@]31OC(=O)/C=C/c1ccc(O)c(O)c1)OC2. The number of fused-ring (bicyclic) bond motifs is 1. The first kappa shape index (κ1) is 36.9.